The quantitative estimate of drug-likeness (QED) is 0.865. The molecule has 2 rings (SSSR count). The summed E-state index contributed by atoms with van der Waals surface area (Å²) >= 11 is 0. The van der Waals surface area contributed by atoms with Crippen LogP contribution in [0.2, 0.25) is 0 Å². The van der Waals surface area contributed by atoms with Crippen LogP contribution in [0.1, 0.15) is 29.8 Å². The third-order valence-corrected chi connectivity index (χ3v) is 3.47. The molecule has 1 aliphatic rings. The van der Waals surface area contributed by atoms with Crippen molar-refractivity contribution in [3.8, 4) is 0 Å². The van der Waals surface area contributed by atoms with Gasteiger partial charge < -0.3 is 14.7 Å². The van der Waals surface area contributed by atoms with Gasteiger partial charge in [0.25, 0.3) is 5.91 Å². The molecule has 0 aromatic heterocycles. The van der Waals surface area contributed by atoms with Gasteiger partial charge >= 0.3 is 5.97 Å². The summed E-state index contributed by atoms with van der Waals surface area (Å²) in [5, 5.41) is 8.59. The van der Waals surface area contributed by atoms with Crippen molar-refractivity contribution < 1.29 is 19.4 Å². The van der Waals surface area contributed by atoms with Gasteiger partial charge in [-0.3, -0.25) is 4.79 Å². The number of carboxylic acids is 1. The number of hydrogen-bond acceptors (Lipinski definition) is 3. The van der Waals surface area contributed by atoms with E-state index in [4.69, 9.17) is 9.84 Å². The number of carbonyl (C=O) groups is 2. The number of rotatable bonds is 3. The van der Waals surface area contributed by atoms with E-state index in [-0.39, 0.29) is 11.4 Å². The standard InChI is InChI=1S/C16H19NO4/c1-16(2)11-21-10-9-17(16)15(20)13-6-3-12(4-7-13)5-8-14(18)19/h3-8H,9-11H2,1-2H3,(H,18,19). The maximum absolute atomic E-state index is 12.6. The van der Waals surface area contributed by atoms with Crippen LogP contribution in [0.4, 0.5) is 0 Å². The first-order valence-corrected chi connectivity index (χ1v) is 6.81. The molecule has 1 aliphatic heterocycles. The van der Waals surface area contributed by atoms with Gasteiger partial charge in [-0.05, 0) is 37.6 Å². The van der Waals surface area contributed by atoms with Crippen LogP contribution in [-0.4, -0.2) is 47.2 Å². The number of benzene rings is 1. The highest BCUT2D eigenvalue weighted by Crippen LogP contribution is 2.22. The molecule has 1 heterocycles. The Kier molecular flexibility index (Phi) is 4.43. The van der Waals surface area contributed by atoms with E-state index in [1.165, 1.54) is 6.08 Å². The van der Waals surface area contributed by atoms with Gasteiger partial charge in [0, 0.05) is 18.2 Å². The van der Waals surface area contributed by atoms with E-state index in [9.17, 15) is 9.59 Å². The number of carboxylic acid groups (broad SMARTS) is 1. The van der Waals surface area contributed by atoms with E-state index < -0.39 is 5.97 Å². The maximum Gasteiger partial charge on any atom is 0.328 e. The zero-order chi connectivity index (χ0) is 15.5. The number of carbonyl (C=O) groups excluding carboxylic acids is 1. The van der Waals surface area contributed by atoms with Gasteiger partial charge in [0.1, 0.15) is 0 Å². The van der Waals surface area contributed by atoms with E-state index in [2.05, 4.69) is 0 Å². The van der Waals surface area contributed by atoms with Crippen LogP contribution in [0.5, 0.6) is 0 Å². The van der Waals surface area contributed by atoms with Crippen molar-refractivity contribution in [2.24, 2.45) is 0 Å². The lowest BCUT2D eigenvalue weighted by Crippen LogP contribution is -2.55. The van der Waals surface area contributed by atoms with Crippen LogP contribution in [0.15, 0.2) is 30.3 Å². The van der Waals surface area contributed by atoms with Crippen molar-refractivity contribution in [2.45, 2.75) is 19.4 Å². The highest BCUT2D eigenvalue weighted by Gasteiger charge is 2.34. The fraction of sp³-hybridized carbons (Fsp3) is 0.375. The normalized spacial score (nSPS) is 17.9. The summed E-state index contributed by atoms with van der Waals surface area (Å²) < 4.78 is 5.42. The maximum atomic E-state index is 12.6. The van der Waals surface area contributed by atoms with Gasteiger partial charge in [0.05, 0.1) is 18.8 Å². The minimum atomic E-state index is -0.995. The molecule has 0 bridgehead atoms. The average Bonchev–Trinajstić information content (AvgIpc) is 2.44. The summed E-state index contributed by atoms with van der Waals surface area (Å²) in [5.74, 6) is -1.03. The zero-order valence-electron chi connectivity index (χ0n) is 12.2. The lowest BCUT2D eigenvalue weighted by atomic mass is 10.0. The van der Waals surface area contributed by atoms with Crippen molar-refractivity contribution in [1.82, 2.24) is 4.90 Å². The lowest BCUT2D eigenvalue weighted by Gasteiger charge is -2.42. The average molecular weight is 289 g/mol. The second-order valence-electron chi connectivity index (χ2n) is 5.62. The van der Waals surface area contributed by atoms with Gasteiger partial charge in [0.15, 0.2) is 0 Å². The summed E-state index contributed by atoms with van der Waals surface area (Å²) in [5.41, 5.74) is 1.02. The molecule has 0 radical (unpaired) electrons. The fourth-order valence-electron chi connectivity index (χ4n) is 2.29. The highest BCUT2D eigenvalue weighted by molar-refractivity contribution is 5.95. The minimum absolute atomic E-state index is 0.0305. The minimum Gasteiger partial charge on any atom is -0.478 e. The molecular formula is C16H19NO4. The van der Waals surface area contributed by atoms with Crippen LogP contribution in [0, 0.1) is 0 Å². The summed E-state index contributed by atoms with van der Waals surface area (Å²) in [6.07, 6.45) is 2.57. The Labute approximate surface area is 123 Å². The van der Waals surface area contributed by atoms with Crippen molar-refractivity contribution in [1.29, 1.82) is 0 Å². The van der Waals surface area contributed by atoms with Crippen LogP contribution >= 0.6 is 0 Å². The van der Waals surface area contributed by atoms with Crippen molar-refractivity contribution in [2.75, 3.05) is 19.8 Å². The smallest absolute Gasteiger partial charge is 0.328 e. The number of amides is 1. The molecule has 1 fully saturated rings. The Hall–Kier alpha value is -2.14. The van der Waals surface area contributed by atoms with Gasteiger partial charge in [-0.2, -0.15) is 0 Å². The zero-order valence-corrected chi connectivity index (χ0v) is 12.2. The molecule has 0 spiro atoms. The Morgan fingerprint density at radius 1 is 1.29 bits per heavy atom. The largest absolute Gasteiger partial charge is 0.478 e. The van der Waals surface area contributed by atoms with Crippen LogP contribution in [0.3, 0.4) is 0 Å². The molecule has 0 atom stereocenters. The van der Waals surface area contributed by atoms with Gasteiger partial charge in [0.2, 0.25) is 0 Å². The predicted molar refractivity (Wildman–Crippen MR) is 79.0 cm³/mol. The molecule has 1 amide bonds. The Balaban J connectivity index is 2.14. The van der Waals surface area contributed by atoms with E-state index in [0.29, 0.717) is 25.3 Å². The molecule has 5 heteroatoms. The lowest BCUT2D eigenvalue weighted by molar-refractivity contribution is -0.131. The topological polar surface area (TPSA) is 66.8 Å². The number of nitrogens with zero attached hydrogens (tertiary/aromatic N) is 1. The number of ether oxygens (including phenoxy) is 1. The van der Waals surface area contributed by atoms with E-state index in [1.54, 1.807) is 24.3 Å². The summed E-state index contributed by atoms with van der Waals surface area (Å²) in [6.45, 7) is 5.61. The molecule has 1 N–H and O–H groups in total. The molecule has 112 valence electrons. The second kappa shape index (κ2) is 6.10. The third kappa shape index (κ3) is 3.70. The number of morpholine rings is 1. The van der Waals surface area contributed by atoms with Gasteiger partial charge in [-0.15, -0.1) is 0 Å². The van der Waals surface area contributed by atoms with Crippen LogP contribution in [-0.2, 0) is 9.53 Å². The SMILES string of the molecule is CC1(C)COCCN1C(=O)c1ccc(C=CC(=O)O)cc1. The van der Waals surface area contributed by atoms with Crippen molar-refractivity contribution in [3.63, 3.8) is 0 Å². The number of aliphatic carboxylic acids is 1. The summed E-state index contributed by atoms with van der Waals surface area (Å²) in [4.78, 5) is 24.8. The Morgan fingerprint density at radius 3 is 2.52 bits per heavy atom. The third-order valence-electron chi connectivity index (χ3n) is 3.47. The second-order valence-corrected chi connectivity index (χ2v) is 5.62. The number of hydrogen-bond donors (Lipinski definition) is 1. The van der Waals surface area contributed by atoms with Crippen molar-refractivity contribution >= 4 is 18.0 Å². The van der Waals surface area contributed by atoms with E-state index in [1.807, 2.05) is 18.7 Å². The van der Waals surface area contributed by atoms with Crippen LogP contribution < -0.4 is 0 Å². The first-order valence-electron chi connectivity index (χ1n) is 6.81. The fourth-order valence-corrected chi connectivity index (χ4v) is 2.29. The van der Waals surface area contributed by atoms with E-state index in [0.717, 1.165) is 11.6 Å². The molecule has 1 saturated heterocycles. The predicted octanol–water partition coefficient (Wildman–Crippen LogP) is 2.04. The monoisotopic (exact) mass is 289 g/mol. The molecule has 0 unspecified atom stereocenters. The van der Waals surface area contributed by atoms with Gasteiger partial charge in [-0.1, -0.05) is 12.1 Å². The molecule has 21 heavy (non-hydrogen) atoms. The van der Waals surface area contributed by atoms with Gasteiger partial charge in [-0.25, -0.2) is 4.79 Å². The molecular weight excluding hydrogens is 270 g/mol. The first-order chi connectivity index (χ1) is 9.90. The van der Waals surface area contributed by atoms with Crippen molar-refractivity contribution in [3.05, 3.63) is 41.5 Å². The van der Waals surface area contributed by atoms with E-state index >= 15 is 0 Å². The molecule has 5 nitrogen and oxygen atoms in total. The summed E-state index contributed by atoms with van der Waals surface area (Å²) in [7, 11) is 0. The highest BCUT2D eigenvalue weighted by atomic mass is 16.5. The Morgan fingerprint density at radius 2 is 1.95 bits per heavy atom. The molecule has 1 aromatic carbocycles. The Bertz CT molecular complexity index is 560. The molecule has 0 saturated carbocycles. The molecule has 0 aliphatic carbocycles. The summed E-state index contributed by atoms with van der Waals surface area (Å²) in [6, 6.07) is 6.91. The first kappa shape index (κ1) is 15.3. The molecule has 1 aromatic rings. The van der Waals surface area contributed by atoms with Crippen LogP contribution in [0.25, 0.3) is 6.08 Å².